The summed E-state index contributed by atoms with van der Waals surface area (Å²) in [6.07, 6.45) is 6.72. The number of hydrogen-bond acceptors (Lipinski definition) is 4. The molecule has 0 spiro atoms. The standard InChI is InChI=1S/2C12H10N3.Zn/c2*1-2-6-11(7-3-1)15-14-10-12-8-4-5-9-13-12;/h2*1-10H;/q2*-1;+2/b2*14-10-;. The first kappa shape index (κ1) is 23.6. The van der Waals surface area contributed by atoms with E-state index in [-0.39, 0.29) is 19.5 Å². The largest absolute Gasteiger partial charge is 2.00 e. The van der Waals surface area contributed by atoms with Crippen molar-refractivity contribution in [1.82, 2.24) is 9.97 Å². The van der Waals surface area contributed by atoms with Crippen LogP contribution in [0.5, 0.6) is 0 Å². The summed E-state index contributed by atoms with van der Waals surface area (Å²) >= 11 is 0. The van der Waals surface area contributed by atoms with E-state index in [0.29, 0.717) is 0 Å². The fourth-order valence-electron chi connectivity index (χ4n) is 2.20. The summed E-state index contributed by atoms with van der Waals surface area (Å²) < 4.78 is 0. The summed E-state index contributed by atoms with van der Waals surface area (Å²) in [6, 6.07) is 30.5. The molecular weight excluding hydrogens is 438 g/mol. The predicted molar refractivity (Wildman–Crippen MR) is 123 cm³/mol. The zero-order valence-corrected chi connectivity index (χ0v) is 19.9. The van der Waals surface area contributed by atoms with Gasteiger partial charge in [-0.25, -0.2) is 0 Å². The number of aromatic nitrogens is 2. The minimum Gasteiger partial charge on any atom is -0.575 e. The number of hydrogen-bond donors (Lipinski definition) is 0. The van der Waals surface area contributed by atoms with Crippen molar-refractivity contribution >= 4 is 23.8 Å². The Morgan fingerprint density at radius 1 is 0.516 bits per heavy atom. The molecule has 0 atom stereocenters. The molecule has 0 unspecified atom stereocenters. The van der Waals surface area contributed by atoms with Gasteiger partial charge in [-0.15, -0.1) is 11.4 Å². The second kappa shape index (κ2) is 14.3. The summed E-state index contributed by atoms with van der Waals surface area (Å²) in [5.74, 6) is 0. The average Bonchev–Trinajstić information content (AvgIpc) is 2.82. The maximum Gasteiger partial charge on any atom is 2.00 e. The van der Waals surface area contributed by atoms with Crippen molar-refractivity contribution in [3.8, 4) is 0 Å². The summed E-state index contributed by atoms with van der Waals surface area (Å²) in [5, 5.41) is 7.90. The number of pyridine rings is 2. The van der Waals surface area contributed by atoms with Crippen LogP contribution < -0.4 is 0 Å². The molecule has 0 radical (unpaired) electrons. The molecule has 6 nitrogen and oxygen atoms in total. The smallest absolute Gasteiger partial charge is 0.575 e. The van der Waals surface area contributed by atoms with Crippen LogP contribution in [0.25, 0.3) is 10.9 Å². The van der Waals surface area contributed by atoms with E-state index in [1.165, 1.54) is 0 Å². The Balaban J connectivity index is 0.000000213. The van der Waals surface area contributed by atoms with E-state index in [9.17, 15) is 0 Å². The predicted octanol–water partition coefficient (Wildman–Crippen LogP) is 6.24. The third kappa shape index (κ3) is 9.56. The Bertz CT molecular complexity index is 940. The molecule has 0 bridgehead atoms. The van der Waals surface area contributed by atoms with Crippen LogP contribution in [0.2, 0.25) is 0 Å². The fourth-order valence-corrected chi connectivity index (χ4v) is 2.20. The third-order valence-corrected chi connectivity index (χ3v) is 3.61. The number of benzene rings is 2. The van der Waals surface area contributed by atoms with Crippen LogP contribution in [0.3, 0.4) is 0 Å². The van der Waals surface area contributed by atoms with Gasteiger partial charge in [0.15, 0.2) is 0 Å². The molecule has 0 aliphatic rings. The van der Waals surface area contributed by atoms with Gasteiger partial charge in [0, 0.05) is 24.8 Å². The summed E-state index contributed by atoms with van der Waals surface area (Å²) in [7, 11) is 0. The first-order chi connectivity index (χ1) is 14.9. The zero-order valence-electron chi connectivity index (χ0n) is 16.9. The van der Waals surface area contributed by atoms with Crippen LogP contribution in [-0.2, 0) is 19.5 Å². The molecule has 7 heteroatoms. The van der Waals surface area contributed by atoms with Crippen molar-refractivity contribution in [1.29, 1.82) is 0 Å². The van der Waals surface area contributed by atoms with Crippen molar-refractivity contribution in [2.45, 2.75) is 0 Å². The van der Waals surface area contributed by atoms with E-state index in [1.807, 2.05) is 97.1 Å². The molecule has 148 valence electrons. The van der Waals surface area contributed by atoms with E-state index < -0.39 is 0 Å². The first-order valence-corrected chi connectivity index (χ1v) is 9.30. The SMILES string of the molecule is C(=N/[N-]c1ccccc1)/c1ccccn1.C(=N/[N-]c1ccccc1)/c1ccccn1.[Zn+2]. The van der Waals surface area contributed by atoms with Gasteiger partial charge in [-0.05, 0) is 24.3 Å². The quantitative estimate of drug-likeness (QED) is 0.195. The van der Waals surface area contributed by atoms with Gasteiger partial charge in [0.05, 0.1) is 11.4 Å². The van der Waals surface area contributed by atoms with Crippen molar-refractivity contribution in [2.75, 3.05) is 0 Å². The molecule has 0 N–H and O–H groups in total. The number of rotatable bonds is 6. The minimum absolute atomic E-state index is 0. The molecule has 2 heterocycles. The molecule has 2 aromatic carbocycles. The molecule has 2 aromatic heterocycles. The Morgan fingerprint density at radius 2 is 0.903 bits per heavy atom. The van der Waals surface area contributed by atoms with Crippen LogP contribution in [0.4, 0.5) is 11.4 Å². The average molecular weight is 458 g/mol. The minimum atomic E-state index is 0. The second-order valence-electron chi connectivity index (χ2n) is 5.87. The molecular formula is C24H20N6Zn. The van der Waals surface area contributed by atoms with Gasteiger partial charge >= 0.3 is 19.5 Å². The van der Waals surface area contributed by atoms with E-state index in [0.717, 1.165) is 22.8 Å². The van der Waals surface area contributed by atoms with Crippen LogP contribution in [0.15, 0.2) is 120 Å². The fraction of sp³-hybridized carbons (Fsp3) is 0. The van der Waals surface area contributed by atoms with Crippen LogP contribution in [0, 0.1) is 0 Å². The molecule has 0 amide bonds. The molecule has 31 heavy (non-hydrogen) atoms. The van der Waals surface area contributed by atoms with Crippen LogP contribution >= 0.6 is 0 Å². The molecule has 0 aliphatic heterocycles. The van der Waals surface area contributed by atoms with E-state index in [1.54, 1.807) is 24.8 Å². The second-order valence-corrected chi connectivity index (χ2v) is 5.87. The number of nitrogens with zero attached hydrogens (tertiary/aromatic N) is 6. The van der Waals surface area contributed by atoms with Gasteiger partial charge in [0.25, 0.3) is 0 Å². The van der Waals surface area contributed by atoms with Crippen molar-refractivity contribution in [3.05, 3.63) is 132 Å². The van der Waals surface area contributed by atoms with Gasteiger partial charge in [-0.2, -0.15) is 0 Å². The first-order valence-electron chi connectivity index (χ1n) is 9.30. The van der Waals surface area contributed by atoms with E-state index in [2.05, 4.69) is 31.0 Å². The van der Waals surface area contributed by atoms with Crippen LogP contribution in [0.1, 0.15) is 11.4 Å². The molecule has 0 aliphatic carbocycles. The summed E-state index contributed by atoms with van der Waals surface area (Å²) in [5.41, 5.74) is 11.3. The normalized spacial score (nSPS) is 10.1. The third-order valence-electron chi connectivity index (χ3n) is 3.61. The van der Waals surface area contributed by atoms with Gasteiger partial charge in [0.2, 0.25) is 0 Å². The molecule has 0 saturated carbocycles. The van der Waals surface area contributed by atoms with Crippen molar-refractivity contribution in [3.63, 3.8) is 0 Å². The van der Waals surface area contributed by atoms with E-state index >= 15 is 0 Å². The molecule has 4 aromatic rings. The van der Waals surface area contributed by atoms with Gasteiger partial charge in [-0.1, -0.05) is 72.8 Å². The summed E-state index contributed by atoms with van der Waals surface area (Å²) in [4.78, 5) is 8.20. The van der Waals surface area contributed by atoms with Crippen LogP contribution in [-0.4, -0.2) is 22.4 Å². The Kier molecular flexibility index (Phi) is 10.9. The Labute approximate surface area is 194 Å². The monoisotopic (exact) mass is 456 g/mol. The van der Waals surface area contributed by atoms with Gasteiger partial charge in [0.1, 0.15) is 0 Å². The van der Waals surface area contributed by atoms with Crippen molar-refractivity contribution in [2.24, 2.45) is 10.2 Å². The van der Waals surface area contributed by atoms with E-state index in [4.69, 9.17) is 0 Å². The topological polar surface area (TPSA) is 78.7 Å². The van der Waals surface area contributed by atoms with Gasteiger partial charge in [-0.3, -0.25) is 9.97 Å². The molecule has 4 rings (SSSR count). The Morgan fingerprint density at radius 3 is 1.26 bits per heavy atom. The Hall–Kier alpha value is -3.70. The zero-order chi connectivity index (χ0) is 20.7. The maximum absolute atomic E-state index is 4.10. The molecule has 0 fully saturated rings. The molecule has 0 saturated heterocycles. The van der Waals surface area contributed by atoms with Crippen molar-refractivity contribution < 1.29 is 19.5 Å². The summed E-state index contributed by atoms with van der Waals surface area (Å²) in [6.45, 7) is 0. The van der Waals surface area contributed by atoms with Gasteiger partial charge < -0.3 is 21.1 Å². The maximum atomic E-state index is 4.10.